The molecule has 4 rings (SSSR count). The number of furan rings is 1. The molecule has 0 radical (unpaired) electrons. The molecule has 0 spiro atoms. The van der Waals surface area contributed by atoms with Crippen LogP contribution in [0.15, 0.2) is 77.4 Å². The lowest BCUT2D eigenvalue weighted by atomic mass is 9.95. The molecule has 0 atom stereocenters. The summed E-state index contributed by atoms with van der Waals surface area (Å²) in [6.45, 7) is 1.39. The predicted octanol–water partition coefficient (Wildman–Crippen LogP) is 3.70. The molecule has 32 heavy (non-hydrogen) atoms. The van der Waals surface area contributed by atoms with Crippen LogP contribution in [0.5, 0.6) is 0 Å². The van der Waals surface area contributed by atoms with E-state index < -0.39 is 0 Å². The second-order valence-corrected chi connectivity index (χ2v) is 7.78. The van der Waals surface area contributed by atoms with E-state index in [1.165, 1.54) is 6.26 Å². The summed E-state index contributed by atoms with van der Waals surface area (Å²) >= 11 is 0. The molecule has 1 aromatic heterocycles. The molecule has 1 aliphatic rings. The van der Waals surface area contributed by atoms with E-state index in [0.29, 0.717) is 43.8 Å². The second-order valence-electron chi connectivity index (χ2n) is 7.78. The van der Waals surface area contributed by atoms with Crippen LogP contribution >= 0.6 is 0 Å². The number of anilines is 1. The van der Waals surface area contributed by atoms with E-state index >= 15 is 0 Å². The molecule has 7 nitrogen and oxygen atoms in total. The molecule has 3 aromatic rings. The van der Waals surface area contributed by atoms with Crippen LogP contribution in [-0.4, -0.2) is 35.7 Å². The summed E-state index contributed by atoms with van der Waals surface area (Å²) in [5.41, 5.74) is 2.11. The van der Waals surface area contributed by atoms with Crippen molar-refractivity contribution in [1.82, 2.24) is 10.2 Å². The standard InChI is InChI=1S/C25H25N3O4/c29-23(19-11-13-28(14-12-19)25(31)22-10-5-15-32-22)26-17-18-6-4-7-20(16-18)24(30)27-21-8-2-1-3-9-21/h1-10,15-16,19H,11-14,17H2,(H,26,29)(H,27,30). The van der Waals surface area contributed by atoms with Crippen molar-refractivity contribution in [3.63, 3.8) is 0 Å². The zero-order valence-corrected chi connectivity index (χ0v) is 17.6. The van der Waals surface area contributed by atoms with Crippen molar-refractivity contribution in [3.05, 3.63) is 89.9 Å². The van der Waals surface area contributed by atoms with Gasteiger partial charge in [0.05, 0.1) is 6.26 Å². The fourth-order valence-corrected chi connectivity index (χ4v) is 3.78. The highest BCUT2D eigenvalue weighted by molar-refractivity contribution is 6.04. The second kappa shape index (κ2) is 9.96. The normalized spacial score (nSPS) is 14.1. The predicted molar refractivity (Wildman–Crippen MR) is 120 cm³/mol. The molecule has 1 aliphatic heterocycles. The third kappa shape index (κ3) is 5.24. The van der Waals surface area contributed by atoms with E-state index in [-0.39, 0.29) is 23.6 Å². The minimum atomic E-state index is -0.196. The molecular formula is C25H25N3O4. The largest absolute Gasteiger partial charge is 0.459 e. The third-order valence-electron chi connectivity index (χ3n) is 5.57. The van der Waals surface area contributed by atoms with Crippen LogP contribution in [0.1, 0.15) is 39.3 Å². The lowest BCUT2D eigenvalue weighted by Crippen LogP contribution is -2.42. The highest BCUT2D eigenvalue weighted by Crippen LogP contribution is 2.20. The summed E-state index contributed by atoms with van der Waals surface area (Å²) in [5.74, 6) is -0.184. The maximum absolute atomic E-state index is 12.6. The summed E-state index contributed by atoms with van der Waals surface area (Å²) in [7, 11) is 0. The van der Waals surface area contributed by atoms with Crippen LogP contribution in [0.4, 0.5) is 5.69 Å². The van der Waals surface area contributed by atoms with E-state index in [9.17, 15) is 14.4 Å². The van der Waals surface area contributed by atoms with Gasteiger partial charge in [-0.3, -0.25) is 14.4 Å². The number of hydrogen-bond donors (Lipinski definition) is 2. The molecular weight excluding hydrogens is 406 g/mol. The first kappa shape index (κ1) is 21.4. The van der Waals surface area contributed by atoms with Crippen molar-refractivity contribution in [1.29, 1.82) is 0 Å². The average molecular weight is 431 g/mol. The molecule has 164 valence electrons. The minimum absolute atomic E-state index is 0.0331. The van der Waals surface area contributed by atoms with Crippen molar-refractivity contribution < 1.29 is 18.8 Å². The van der Waals surface area contributed by atoms with E-state index in [2.05, 4.69) is 10.6 Å². The molecule has 2 N–H and O–H groups in total. The summed E-state index contributed by atoms with van der Waals surface area (Å²) < 4.78 is 5.17. The van der Waals surface area contributed by atoms with Gasteiger partial charge in [0.15, 0.2) is 5.76 Å². The zero-order valence-electron chi connectivity index (χ0n) is 17.6. The zero-order chi connectivity index (χ0) is 22.3. The fraction of sp³-hybridized carbons (Fsp3) is 0.240. The Morgan fingerprint density at radius 3 is 2.44 bits per heavy atom. The molecule has 7 heteroatoms. The number of hydrogen-bond acceptors (Lipinski definition) is 4. The number of carbonyl (C=O) groups is 3. The Morgan fingerprint density at radius 2 is 1.72 bits per heavy atom. The number of carbonyl (C=O) groups excluding carboxylic acids is 3. The Morgan fingerprint density at radius 1 is 0.938 bits per heavy atom. The quantitative estimate of drug-likeness (QED) is 0.623. The van der Waals surface area contributed by atoms with Crippen molar-refractivity contribution >= 4 is 23.4 Å². The van der Waals surface area contributed by atoms with Gasteiger partial charge in [-0.15, -0.1) is 0 Å². The van der Waals surface area contributed by atoms with Gasteiger partial charge >= 0.3 is 0 Å². The Bertz CT molecular complexity index is 1070. The number of amides is 3. The molecule has 2 aromatic carbocycles. The van der Waals surface area contributed by atoms with Crippen LogP contribution in [0, 0.1) is 5.92 Å². The smallest absolute Gasteiger partial charge is 0.289 e. The summed E-state index contributed by atoms with van der Waals surface area (Å²) in [6.07, 6.45) is 2.70. The van der Waals surface area contributed by atoms with Gasteiger partial charge in [-0.2, -0.15) is 0 Å². The molecule has 1 fully saturated rings. The topological polar surface area (TPSA) is 91.7 Å². The maximum atomic E-state index is 12.6. The molecule has 0 aliphatic carbocycles. The van der Waals surface area contributed by atoms with Gasteiger partial charge in [-0.25, -0.2) is 0 Å². The van der Waals surface area contributed by atoms with E-state index in [0.717, 1.165) is 11.3 Å². The molecule has 0 saturated carbocycles. The number of benzene rings is 2. The highest BCUT2D eigenvalue weighted by Gasteiger charge is 2.28. The lowest BCUT2D eigenvalue weighted by molar-refractivity contribution is -0.126. The minimum Gasteiger partial charge on any atom is -0.459 e. The van der Waals surface area contributed by atoms with Gasteiger partial charge in [0.1, 0.15) is 0 Å². The summed E-state index contributed by atoms with van der Waals surface area (Å²) in [6, 6.07) is 19.8. The average Bonchev–Trinajstić information content (AvgIpc) is 3.38. The first-order chi connectivity index (χ1) is 15.6. The maximum Gasteiger partial charge on any atom is 0.289 e. The first-order valence-electron chi connectivity index (χ1n) is 10.7. The van der Waals surface area contributed by atoms with E-state index in [1.807, 2.05) is 36.4 Å². The van der Waals surface area contributed by atoms with Gasteiger partial charge in [0, 0.05) is 36.8 Å². The van der Waals surface area contributed by atoms with Gasteiger partial charge < -0.3 is 20.0 Å². The van der Waals surface area contributed by atoms with Crippen LogP contribution in [0.2, 0.25) is 0 Å². The van der Waals surface area contributed by atoms with Crippen molar-refractivity contribution in [2.45, 2.75) is 19.4 Å². The lowest BCUT2D eigenvalue weighted by Gasteiger charge is -2.30. The highest BCUT2D eigenvalue weighted by atomic mass is 16.3. The Balaban J connectivity index is 1.27. The summed E-state index contributed by atoms with van der Waals surface area (Å²) in [5, 5.41) is 5.82. The molecule has 1 saturated heterocycles. The third-order valence-corrected chi connectivity index (χ3v) is 5.57. The number of para-hydroxylation sites is 1. The Kier molecular flexibility index (Phi) is 6.65. The molecule has 2 heterocycles. The Hall–Kier alpha value is -3.87. The SMILES string of the molecule is O=C(Nc1ccccc1)c1cccc(CNC(=O)C2CCN(C(=O)c3ccco3)CC2)c1. The molecule has 0 bridgehead atoms. The van der Waals surface area contributed by atoms with E-state index in [1.54, 1.807) is 35.2 Å². The van der Waals surface area contributed by atoms with Crippen LogP contribution < -0.4 is 10.6 Å². The number of rotatable bonds is 6. The van der Waals surface area contributed by atoms with Gasteiger partial charge in [0.25, 0.3) is 11.8 Å². The number of nitrogens with one attached hydrogen (secondary N) is 2. The monoisotopic (exact) mass is 431 g/mol. The van der Waals surface area contributed by atoms with Crippen molar-refractivity contribution in [2.75, 3.05) is 18.4 Å². The van der Waals surface area contributed by atoms with Gasteiger partial charge in [0.2, 0.25) is 5.91 Å². The van der Waals surface area contributed by atoms with Crippen LogP contribution in [0.25, 0.3) is 0 Å². The van der Waals surface area contributed by atoms with Gasteiger partial charge in [-0.1, -0.05) is 30.3 Å². The van der Waals surface area contributed by atoms with Crippen molar-refractivity contribution in [2.24, 2.45) is 5.92 Å². The summed E-state index contributed by atoms with van der Waals surface area (Å²) in [4.78, 5) is 39.2. The van der Waals surface area contributed by atoms with Crippen LogP contribution in [-0.2, 0) is 11.3 Å². The van der Waals surface area contributed by atoms with Gasteiger partial charge in [-0.05, 0) is 54.8 Å². The van der Waals surface area contributed by atoms with Crippen molar-refractivity contribution in [3.8, 4) is 0 Å². The number of nitrogens with zero attached hydrogens (tertiary/aromatic N) is 1. The van der Waals surface area contributed by atoms with Crippen LogP contribution in [0.3, 0.4) is 0 Å². The number of likely N-dealkylation sites (tertiary alicyclic amines) is 1. The first-order valence-corrected chi connectivity index (χ1v) is 10.7. The molecule has 3 amide bonds. The Labute approximate surface area is 186 Å². The fourth-order valence-electron chi connectivity index (χ4n) is 3.78. The number of piperidine rings is 1. The molecule has 0 unspecified atom stereocenters. The van der Waals surface area contributed by atoms with E-state index in [4.69, 9.17) is 4.42 Å².